The number of nitrogens with one attached hydrogen (secondary N) is 1. The molecular weight excluding hydrogens is 264 g/mol. The summed E-state index contributed by atoms with van der Waals surface area (Å²) in [5.74, 6) is 1.49. The van der Waals surface area contributed by atoms with Crippen molar-refractivity contribution in [2.75, 3.05) is 18.4 Å². The Bertz CT molecular complexity index is 651. The van der Waals surface area contributed by atoms with Gasteiger partial charge in [-0.3, -0.25) is 4.90 Å². The summed E-state index contributed by atoms with van der Waals surface area (Å²) >= 11 is 0. The first-order chi connectivity index (χ1) is 10.3. The molecule has 0 aliphatic carbocycles. The number of benzene rings is 1. The van der Waals surface area contributed by atoms with E-state index in [0.717, 1.165) is 38.3 Å². The van der Waals surface area contributed by atoms with Crippen LogP contribution >= 0.6 is 0 Å². The maximum atomic E-state index is 5.15. The van der Waals surface area contributed by atoms with Crippen molar-refractivity contribution in [3.63, 3.8) is 0 Å². The van der Waals surface area contributed by atoms with Crippen LogP contribution in [0.5, 0.6) is 0 Å². The molecule has 0 bridgehead atoms. The molecule has 1 atom stereocenters. The molecular formula is C16H20N4O. The predicted molar refractivity (Wildman–Crippen MR) is 80.1 cm³/mol. The standard InChI is InChI=1S/C16H20N4O/c1-11-18-16(19-21-11)14-6-3-9-20(14)10-13-5-2-4-12-7-8-17-15(12)13/h2,4-5,14,17H,3,6-10H2,1H3. The lowest BCUT2D eigenvalue weighted by Gasteiger charge is -2.23. The van der Waals surface area contributed by atoms with Gasteiger partial charge >= 0.3 is 0 Å². The first-order valence-electron chi connectivity index (χ1n) is 7.70. The molecule has 5 nitrogen and oxygen atoms in total. The zero-order valence-electron chi connectivity index (χ0n) is 12.3. The number of aryl methyl sites for hydroxylation is 1. The third kappa shape index (κ3) is 2.31. The fourth-order valence-electron chi connectivity index (χ4n) is 3.52. The Labute approximate surface area is 124 Å². The third-order valence-electron chi connectivity index (χ3n) is 4.51. The van der Waals surface area contributed by atoms with Crippen molar-refractivity contribution in [2.45, 2.75) is 38.8 Å². The number of hydrogen-bond acceptors (Lipinski definition) is 5. The second-order valence-electron chi connectivity index (χ2n) is 5.93. The summed E-state index contributed by atoms with van der Waals surface area (Å²) < 4.78 is 5.15. The molecule has 0 amide bonds. The minimum absolute atomic E-state index is 0.291. The first-order valence-corrected chi connectivity index (χ1v) is 7.70. The Balaban J connectivity index is 1.58. The number of nitrogens with zero attached hydrogens (tertiary/aromatic N) is 3. The van der Waals surface area contributed by atoms with E-state index < -0.39 is 0 Å². The fourth-order valence-corrected chi connectivity index (χ4v) is 3.52. The molecule has 1 fully saturated rings. The quantitative estimate of drug-likeness (QED) is 0.939. The molecule has 4 rings (SSSR count). The summed E-state index contributed by atoms with van der Waals surface area (Å²) in [6, 6.07) is 6.92. The van der Waals surface area contributed by atoms with E-state index in [0.29, 0.717) is 11.9 Å². The van der Waals surface area contributed by atoms with Gasteiger partial charge in [-0.15, -0.1) is 0 Å². The van der Waals surface area contributed by atoms with Crippen LogP contribution < -0.4 is 5.32 Å². The van der Waals surface area contributed by atoms with Crippen LogP contribution in [0.1, 0.15) is 41.7 Å². The number of hydrogen-bond donors (Lipinski definition) is 1. The molecule has 1 aromatic carbocycles. The van der Waals surface area contributed by atoms with Crippen LogP contribution in [0.4, 0.5) is 5.69 Å². The number of para-hydroxylation sites is 1. The van der Waals surface area contributed by atoms with Gasteiger partial charge in [-0.05, 0) is 36.9 Å². The Morgan fingerprint density at radius 2 is 2.38 bits per heavy atom. The van der Waals surface area contributed by atoms with Gasteiger partial charge in [0, 0.05) is 25.7 Å². The number of rotatable bonds is 3. The highest BCUT2D eigenvalue weighted by atomic mass is 16.5. The molecule has 1 aromatic heterocycles. The minimum atomic E-state index is 0.291. The molecule has 3 heterocycles. The van der Waals surface area contributed by atoms with E-state index >= 15 is 0 Å². The average molecular weight is 284 g/mol. The lowest BCUT2D eigenvalue weighted by atomic mass is 10.1. The van der Waals surface area contributed by atoms with Gasteiger partial charge in [-0.25, -0.2) is 0 Å². The number of aromatic nitrogens is 2. The number of fused-ring (bicyclic) bond motifs is 1. The summed E-state index contributed by atoms with van der Waals surface area (Å²) in [6.07, 6.45) is 3.44. The van der Waals surface area contributed by atoms with Gasteiger partial charge in [-0.1, -0.05) is 23.4 Å². The summed E-state index contributed by atoms with van der Waals surface area (Å²) in [5.41, 5.74) is 4.17. The molecule has 1 saturated heterocycles. The van der Waals surface area contributed by atoms with Gasteiger partial charge < -0.3 is 9.84 Å². The van der Waals surface area contributed by atoms with E-state index in [1.165, 1.54) is 23.2 Å². The van der Waals surface area contributed by atoms with Crippen molar-refractivity contribution >= 4 is 5.69 Å². The van der Waals surface area contributed by atoms with Crippen LogP contribution in [-0.2, 0) is 13.0 Å². The van der Waals surface area contributed by atoms with Gasteiger partial charge in [0.25, 0.3) is 0 Å². The van der Waals surface area contributed by atoms with Gasteiger partial charge in [0.05, 0.1) is 6.04 Å². The first kappa shape index (κ1) is 12.8. The highest BCUT2D eigenvalue weighted by molar-refractivity contribution is 5.61. The zero-order chi connectivity index (χ0) is 14.2. The van der Waals surface area contributed by atoms with Crippen LogP contribution in [0.3, 0.4) is 0 Å². The molecule has 1 N–H and O–H groups in total. The lowest BCUT2D eigenvalue weighted by Crippen LogP contribution is -2.24. The van der Waals surface area contributed by atoms with Crippen LogP contribution in [0, 0.1) is 6.92 Å². The topological polar surface area (TPSA) is 54.2 Å². The molecule has 0 spiro atoms. The van der Waals surface area contributed by atoms with Crippen molar-refractivity contribution in [3.05, 3.63) is 41.0 Å². The molecule has 5 heteroatoms. The Kier molecular flexibility index (Phi) is 3.15. The zero-order valence-corrected chi connectivity index (χ0v) is 12.3. The van der Waals surface area contributed by atoms with E-state index in [2.05, 4.69) is 38.6 Å². The summed E-state index contributed by atoms with van der Waals surface area (Å²) in [5, 5.41) is 7.64. The number of anilines is 1. The van der Waals surface area contributed by atoms with Gasteiger partial charge in [-0.2, -0.15) is 4.98 Å². The largest absolute Gasteiger partial charge is 0.384 e. The second kappa shape index (κ2) is 5.15. The van der Waals surface area contributed by atoms with Crippen LogP contribution in [0.15, 0.2) is 22.7 Å². The van der Waals surface area contributed by atoms with Crippen molar-refractivity contribution in [2.24, 2.45) is 0 Å². The van der Waals surface area contributed by atoms with Crippen molar-refractivity contribution < 1.29 is 4.52 Å². The third-order valence-corrected chi connectivity index (χ3v) is 4.51. The molecule has 0 saturated carbocycles. The monoisotopic (exact) mass is 284 g/mol. The van der Waals surface area contributed by atoms with Gasteiger partial charge in [0.1, 0.15) is 0 Å². The highest BCUT2D eigenvalue weighted by Crippen LogP contribution is 2.34. The van der Waals surface area contributed by atoms with Crippen molar-refractivity contribution in [1.82, 2.24) is 15.0 Å². The Morgan fingerprint density at radius 3 is 3.24 bits per heavy atom. The SMILES string of the molecule is Cc1nc(C2CCCN2Cc2cccc3c2NCC3)no1. The smallest absolute Gasteiger partial charge is 0.223 e. The maximum absolute atomic E-state index is 5.15. The second-order valence-corrected chi connectivity index (χ2v) is 5.93. The van der Waals surface area contributed by atoms with Crippen LogP contribution in [0.25, 0.3) is 0 Å². The van der Waals surface area contributed by atoms with E-state index in [1.807, 2.05) is 6.92 Å². The van der Waals surface area contributed by atoms with Crippen LogP contribution in [0.2, 0.25) is 0 Å². The predicted octanol–water partition coefficient (Wildman–Crippen LogP) is 2.68. The maximum Gasteiger partial charge on any atom is 0.223 e. The van der Waals surface area contributed by atoms with Crippen molar-refractivity contribution in [1.29, 1.82) is 0 Å². The molecule has 2 aliphatic rings. The summed E-state index contributed by atoms with van der Waals surface area (Å²) in [6.45, 7) is 4.96. The minimum Gasteiger partial charge on any atom is -0.384 e. The van der Waals surface area contributed by atoms with Gasteiger partial charge in [0.15, 0.2) is 5.82 Å². The molecule has 2 aliphatic heterocycles. The van der Waals surface area contributed by atoms with E-state index in [9.17, 15) is 0 Å². The molecule has 110 valence electrons. The molecule has 2 aromatic rings. The van der Waals surface area contributed by atoms with E-state index in [4.69, 9.17) is 4.52 Å². The summed E-state index contributed by atoms with van der Waals surface area (Å²) in [7, 11) is 0. The van der Waals surface area contributed by atoms with Crippen molar-refractivity contribution in [3.8, 4) is 0 Å². The normalized spacial score (nSPS) is 21.5. The van der Waals surface area contributed by atoms with Crippen LogP contribution in [-0.4, -0.2) is 28.1 Å². The number of likely N-dealkylation sites (tertiary alicyclic amines) is 1. The molecule has 1 unspecified atom stereocenters. The Morgan fingerprint density at radius 1 is 1.43 bits per heavy atom. The lowest BCUT2D eigenvalue weighted by molar-refractivity contribution is 0.234. The highest BCUT2D eigenvalue weighted by Gasteiger charge is 2.30. The summed E-state index contributed by atoms with van der Waals surface area (Å²) in [4.78, 5) is 6.89. The van der Waals surface area contributed by atoms with E-state index in [1.54, 1.807) is 0 Å². The van der Waals surface area contributed by atoms with E-state index in [-0.39, 0.29) is 0 Å². The molecule has 0 radical (unpaired) electrons. The Hall–Kier alpha value is -1.88. The molecule has 21 heavy (non-hydrogen) atoms. The fraction of sp³-hybridized carbons (Fsp3) is 0.500. The van der Waals surface area contributed by atoms with Gasteiger partial charge in [0.2, 0.25) is 5.89 Å². The average Bonchev–Trinajstić information content (AvgIpc) is 3.18.